The molecule has 0 radical (unpaired) electrons. The Bertz CT molecular complexity index is 823. The van der Waals surface area contributed by atoms with Gasteiger partial charge in [0.1, 0.15) is 5.92 Å². The number of hydrogen-bond acceptors (Lipinski definition) is 5. The number of aromatic hydroxyl groups is 2. The molecule has 0 atom stereocenters. The number of hydrogen-bond donors (Lipinski definition) is 2. The zero-order valence-corrected chi connectivity index (χ0v) is 14.2. The minimum atomic E-state index is -1.17. The molecule has 1 aliphatic carbocycles. The second kappa shape index (κ2) is 7.52. The first-order valence-corrected chi connectivity index (χ1v) is 8.59. The summed E-state index contributed by atoms with van der Waals surface area (Å²) in [4.78, 5) is 37.3. The van der Waals surface area contributed by atoms with Crippen molar-refractivity contribution < 1.29 is 24.6 Å². The first kappa shape index (κ1) is 17.9. The number of carbonyl (C=O) groups is 3. The number of phenols is 2. The van der Waals surface area contributed by atoms with E-state index < -0.39 is 5.92 Å². The molecular formula is C21H20O5. The van der Waals surface area contributed by atoms with Crippen LogP contribution in [0, 0.1) is 5.92 Å². The van der Waals surface area contributed by atoms with Crippen LogP contribution in [0.15, 0.2) is 48.5 Å². The van der Waals surface area contributed by atoms with E-state index in [0.717, 1.165) is 5.56 Å². The Kier molecular flexibility index (Phi) is 5.16. The van der Waals surface area contributed by atoms with Crippen LogP contribution in [-0.2, 0) is 20.8 Å². The molecule has 0 heterocycles. The summed E-state index contributed by atoms with van der Waals surface area (Å²) in [6.07, 6.45) is 0.832. The van der Waals surface area contributed by atoms with Gasteiger partial charge in [-0.25, -0.2) is 0 Å². The number of ketones is 3. The van der Waals surface area contributed by atoms with Gasteiger partial charge in [0.2, 0.25) is 0 Å². The van der Waals surface area contributed by atoms with Gasteiger partial charge in [-0.15, -0.1) is 0 Å². The number of benzene rings is 2. The summed E-state index contributed by atoms with van der Waals surface area (Å²) in [6, 6.07) is 13.7. The van der Waals surface area contributed by atoms with Crippen LogP contribution in [-0.4, -0.2) is 27.6 Å². The standard InChI is InChI=1S/C21H20O5/c22-16-9-7-14(10-18(16)24)15-11-19(25)21(20(26)12-15)17(23)8-6-13-4-2-1-3-5-13/h1-5,7,9-10,15,21-22,24H,6,8,11-12H2. The van der Waals surface area contributed by atoms with Crippen molar-refractivity contribution in [1.29, 1.82) is 0 Å². The molecule has 0 saturated heterocycles. The maximum absolute atomic E-state index is 12.4. The first-order valence-electron chi connectivity index (χ1n) is 8.59. The molecule has 3 rings (SSSR count). The minimum Gasteiger partial charge on any atom is -0.504 e. The van der Waals surface area contributed by atoms with Crippen molar-refractivity contribution in [3.05, 3.63) is 59.7 Å². The molecule has 0 bridgehead atoms. The largest absolute Gasteiger partial charge is 0.504 e. The van der Waals surface area contributed by atoms with Crippen LogP contribution in [0.5, 0.6) is 11.5 Å². The highest BCUT2D eigenvalue weighted by molar-refractivity contribution is 6.21. The van der Waals surface area contributed by atoms with Gasteiger partial charge in [0, 0.05) is 19.3 Å². The molecule has 5 nitrogen and oxygen atoms in total. The van der Waals surface area contributed by atoms with Gasteiger partial charge < -0.3 is 10.2 Å². The molecule has 0 unspecified atom stereocenters. The Morgan fingerprint density at radius 1 is 0.923 bits per heavy atom. The Hall–Kier alpha value is -2.95. The molecule has 1 aliphatic rings. The van der Waals surface area contributed by atoms with E-state index in [0.29, 0.717) is 12.0 Å². The van der Waals surface area contributed by atoms with E-state index in [9.17, 15) is 24.6 Å². The van der Waals surface area contributed by atoms with Gasteiger partial charge in [0.05, 0.1) is 0 Å². The Labute approximate surface area is 151 Å². The third-order valence-electron chi connectivity index (χ3n) is 4.83. The maximum Gasteiger partial charge on any atom is 0.157 e. The number of rotatable bonds is 5. The van der Waals surface area contributed by atoms with E-state index in [2.05, 4.69) is 0 Å². The molecule has 1 saturated carbocycles. The van der Waals surface area contributed by atoms with Crippen LogP contribution in [0.2, 0.25) is 0 Å². The van der Waals surface area contributed by atoms with Crippen molar-refractivity contribution in [2.45, 2.75) is 31.6 Å². The molecule has 0 spiro atoms. The predicted octanol–water partition coefficient (Wildman–Crippen LogP) is 2.93. The molecule has 1 fully saturated rings. The van der Waals surface area contributed by atoms with E-state index in [1.54, 1.807) is 6.07 Å². The Morgan fingerprint density at radius 3 is 2.19 bits per heavy atom. The third kappa shape index (κ3) is 3.82. The lowest BCUT2D eigenvalue weighted by atomic mass is 9.74. The molecule has 2 aromatic carbocycles. The van der Waals surface area contributed by atoms with Crippen LogP contribution in [0.1, 0.15) is 36.3 Å². The highest BCUT2D eigenvalue weighted by Gasteiger charge is 2.40. The molecule has 0 amide bonds. The zero-order chi connectivity index (χ0) is 18.7. The zero-order valence-electron chi connectivity index (χ0n) is 14.2. The summed E-state index contributed by atoms with van der Waals surface area (Å²) in [7, 11) is 0. The Morgan fingerprint density at radius 2 is 1.58 bits per heavy atom. The van der Waals surface area contributed by atoms with Gasteiger partial charge in [-0.05, 0) is 35.6 Å². The number of Topliss-reactive ketones (excluding diaryl/α,β-unsaturated/α-hetero) is 3. The normalized spacial score (nSPS) is 20.2. The van der Waals surface area contributed by atoms with E-state index >= 15 is 0 Å². The van der Waals surface area contributed by atoms with Gasteiger partial charge in [-0.2, -0.15) is 0 Å². The lowest BCUT2D eigenvalue weighted by Crippen LogP contribution is -2.38. The summed E-state index contributed by atoms with van der Waals surface area (Å²) in [5, 5.41) is 19.0. The average molecular weight is 352 g/mol. The van der Waals surface area contributed by atoms with Crippen LogP contribution >= 0.6 is 0 Å². The van der Waals surface area contributed by atoms with E-state index in [1.807, 2.05) is 30.3 Å². The topological polar surface area (TPSA) is 91.7 Å². The molecule has 0 aliphatic heterocycles. The van der Waals surface area contributed by atoms with Crippen LogP contribution in [0.4, 0.5) is 0 Å². The molecular weight excluding hydrogens is 332 g/mol. The minimum absolute atomic E-state index is 0.0811. The predicted molar refractivity (Wildman–Crippen MR) is 95.0 cm³/mol. The fraction of sp³-hybridized carbons (Fsp3) is 0.286. The molecule has 5 heteroatoms. The highest BCUT2D eigenvalue weighted by atomic mass is 16.3. The summed E-state index contributed by atoms with van der Waals surface area (Å²) < 4.78 is 0. The summed E-state index contributed by atoms with van der Waals surface area (Å²) in [5.74, 6) is -3.13. The molecule has 2 N–H and O–H groups in total. The second-order valence-corrected chi connectivity index (χ2v) is 6.67. The summed E-state index contributed by atoms with van der Waals surface area (Å²) >= 11 is 0. The number of phenolic OH excluding ortho intramolecular Hbond substituents is 2. The second-order valence-electron chi connectivity index (χ2n) is 6.67. The molecule has 134 valence electrons. The van der Waals surface area contributed by atoms with Crippen LogP contribution in [0.3, 0.4) is 0 Å². The Balaban J connectivity index is 1.66. The molecule has 26 heavy (non-hydrogen) atoms. The van der Waals surface area contributed by atoms with Gasteiger partial charge in [0.25, 0.3) is 0 Å². The van der Waals surface area contributed by atoms with Crippen LogP contribution < -0.4 is 0 Å². The summed E-state index contributed by atoms with van der Waals surface area (Å²) in [5.41, 5.74) is 1.60. The quantitative estimate of drug-likeness (QED) is 0.638. The SMILES string of the molecule is O=C(CCc1ccccc1)C1C(=O)CC(c2ccc(O)c(O)c2)CC1=O. The number of aryl methyl sites for hydroxylation is 1. The van der Waals surface area contributed by atoms with Crippen molar-refractivity contribution in [1.82, 2.24) is 0 Å². The number of carbonyl (C=O) groups excluding carboxylic acids is 3. The lowest BCUT2D eigenvalue weighted by Gasteiger charge is -2.26. The van der Waals surface area contributed by atoms with E-state index in [4.69, 9.17) is 0 Å². The van der Waals surface area contributed by atoms with E-state index in [1.165, 1.54) is 12.1 Å². The average Bonchev–Trinajstić information content (AvgIpc) is 2.62. The maximum atomic E-state index is 12.4. The first-order chi connectivity index (χ1) is 12.5. The van der Waals surface area contributed by atoms with Crippen molar-refractivity contribution in [2.75, 3.05) is 0 Å². The fourth-order valence-electron chi connectivity index (χ4n) is 3.42. The monoisotopic (exact) mass is 352 g/mol. The van der Waals surface area contributed by atoms with Gasteiger partial charge in [0.15, 0.2) is 28.8 Å². The molecule has 0 aromatic heterocycles. The third-order valence-corrected chi connectivity index (χ3v) is 4.83. The van der Waals surface area contributed by atoms with Gasteiger partial charge in [-0.3, -0.25) is 14.4 Å². The van der Waals surface area contributed by atoms with Gasteiger partial charge in [-0.1, -0.05) is 36.4 Å². The highest BCUT2D eigenvalue weighted by Crippen LogP contribution is 2.36. The van der Waals surface area contributed by atoms with Crippen molar-refractivity contribution in [3.63, 3.8) is 0 Å². The van der Waals surface area contributed by atoms with Crippen molar-refractivity contribution in [3.8, 4) is 11.5 Å². The van der Waals surface area contributed by atoms with Gasteiger partial charge >= 0.3 is 0 Å². The molecule has 2 aromatic rings. The van der Waals surface area contributed by atoms with Crippen molar-refractivity contribution in [2.24, 2.45) is 5.92 Å². The summed E-state index contributed by atoms with van der Waals surface area (Å²) in [6.45, 7) is 0. The lowest BCUT2D eigenvalue weighted by molar-refractivity contribution is -0.142. The van der Waals surface area contributed by atoms with E-state index in [-0.39, 0.29) is 54.0 Å². The fourth-order valence-corrected chi connectivity index (χ4v) is 3.42. The smallest absolute Gasteiger partial charge is 0.157 e. The van der Waals surface area contributed by atoms with Crippen molar-refractivity contribution >= 4 is 17.3 Å². The van der Waals surface area contributed by atoms with Crippen LogP contribution in [0.25, 0.3) is 0 Å².